The first-order chi connectivity index (χ1) is 9.96. The average Bonchev–Trinajstić information content (AvgIpc) is 2.47. The van der Waals surface area contributed by atoms with Crippen molar-refractivity contribution in [1.29, 1.82) is 5.26 Å². The van der Waals surface area contributed by atoms with Crippen LogP contribution >= 0.6 is 0 Å². The first-order valence-electron chi connectivity index (χ1n) is 6.86. The molecule has 1 aromatic carbocycles. The zero-order chi connectivity index (χ0) is 16.0. The lowest BCUT2D eigenvalue weighted by molar-refractivity contribution is 0.0709. The average molecular weight is 290 g/mol. The standard InChI is InChI=1S/C16H22N2O3/c1-11(2)18(8-6-7-17)16(19)13-9-14(20-4)12(3)15(10-13)21-5/h9-11H,6,8H2,1-5H3. The van der Waals surface area contributed by atoms with Crippen LogP contribution in [0.25, 0.3) is 0 Å². The predicted octanol–water partition coefficient (Wildman–Crippen LogP) is 2.78. The van der Waals surface area contributed by atoms with Gasteiger partial charge in [-0.05, 0) is 32.9 Å². The normalized spacial score (nSPS) is 10.1. The summed E-state index contributed by atoms with van der Waals surface area (Å²) in [6.45, 7) is 6.14. The van der Waals surface area contributed by atoms with Crippen molar-refractivity contribution in [1.82, 2.24) is 4.90 Å². The van der Waals surface area contributed by atoms with Gasteiger partial charge in [-0.25, -0.2) is 0 Å². The Balaban J connectivity index is 3.18. The highest BCUT2D eigenvalue weighted by Gasteiger charge is 2.21. The fraction of sp³-hybridized carbons (Fsp3) is 0.500. The summed E-state index contributed by atoms with van der Waals surface area (Å²) >= 11 is 0. The van der Waals surface area contributed by atoms with E-state index in [4.69, 9.17) is 14.7 Å². The molecule has 0 aromatic heterocycles. The summed E-state index contributed by atoms with van der Waals surface area (Å²) in [6, 6.07) is 5.51. The van der Waals surface area contributed by atoms with Gasteiger partial charge in [-0.2, -0.15) is 5.26 Å². The van der Waals surface area contributed by atoms with Gasteiger partial charge in [0.25, 0.3) is 5.91 Å². The van der Waals surface area contributed by atoms with E-state index in [9.17, 15) is 4.79 Å². The molecule has 114 valence electrons. The van der Waals surface area contributed by atoms with Gasteiger partial charge in [-0.3, -0.25) is 4.79 Å². The van der Waals surface area contributed by atoms with Crippen molar-refractivity contribution in [2.75, 3.05) is 20.8 Å². The van der Waals surface area contributed by atoms with Crippen molar-refractivity contribution in [3.63, 3.8) is 0 Å². The molecule has 1 aromatic rings. The van der Waals surface area contributed by atoms with Crippen molar-refractivity contribution in [2.45, 2.75) is 33.2 Å². The zero-order valence-corrected chi connectivity index (χ0v) is 13.3. The molecule has 0 saturated carbocycles. The van der Waals surface area contributed by atoms with Crippen LogP contribution < -0.4 is 9.47 Å². The number of carbonyl (C=O) groups excluding carboxylic acids is 1. The van der Waals surface area contributed by atoms with E-state index in [1.54, 1.807) is 31.3 Å². The summed E-state index contributed by atoms with van der Waals surface area (Å²) in [6.07, 6.45) is 0.310. The second-order valence-corrected chi connectivity index (χ2v) is 5.01. The lowest BCUT2D eigenvalue weighted by atomic mass is 10.1. The van der Waals surface area contributed by atoms with Gasteiger partial charge in [-0.15, -0.1) is 0 Å². The molecule has 5 heteroatoms. The number of nitrogens with zero attached hydrogens (tertiary/aromatic N) is 2. The molecular formula is C16H22N2O3. The quantitative estimate of drug-likeness (QED) is 0.808. The summed E-state index contributed by atoms with van der Waals surface area (Å²) in [5.41, 5.74) is 1.35. The van der Waals surface area contributed by atoms with E-state index >= 15 is 0 Å². The Morgan fingerprint density at radius 1 is 1.29 bits per heavy atom. The topological polar surface area (TPSA) is 62.6 Å². The first kappa shape index (κ1) is 16.8. The van der Waals surface area contributed by atoms with Crippen LogP contribution in [0.15, 0.2) is 12.1 Å². The Labute approximate surface area is 126 Å². The van der Waals surface area contributed by atoms with E-state index in [2.05, 4.69) is 6.07 Å². The molecule has 5 nitrogen and oxygen atoms in total. The molecule has 0 heterocycles. The smallest absolute Gasteiger partial charge is 0.254 e. The van der Waals surface area contributed by atoms with E-state index < -0.39 is 0 Å². The van der Waals surface area contributed by atoms with E-state index in [0.717, 1.165) is 5.56 Å². The van der Waals surface area contributed by atoms with Crippen LogP contribution in [0.4, 0.5) is 0 Å². The maximum Gasteiger partial charge on any atom is 0.254 e. The second-order valence-electron chi connectivity index (χ2n) is 5.01. The van der Waals surface area contributed by atoms with E-state index in [-0.39, 0.29) is 11.9 Å². The third-order valence-electron chi connectivity index (χ3n) is 3.35. The van der Waals surface area contributed by atoms with Gasteiger partial charge in [0.1, 0.15) is 11.5 Å². The van der Waals surface area contributed by atoms with Crippen LogP contribution in [0.5, 0.6) is 11.5 Å². The first-order valence-corrected chi connectivity index (χ1v) is 6.86. The largest absolute Gasteiger partial charge is 0.496 e. The maximum absolute atomic E-state index is 12.6. The zero-order valence-electron chi connectivity index (χ0n) is 13.3. The van der Waals surface area contributed by atoms with Gasteiger partial charge >= 0.3 is 0 Å². The van der Waals surface area contributed by atoms with Gasteiger partial charge in [0.15, 0.2) is 0 Å². The Hall–Kier alpha value is -2.22. The number of rotatable bonds is 6. The molecule has 0 unspecified atom stereocenters. The molecule has 0 saturated heterocycles. The highest BCUT2D eigenvalue weighted by atomic mass is 16.5. The molecule has 1 amide bonds. The van der Waals surface area contributed by atoms with E-state index in [0.29, 0.717) is 30.0 Å². The van der Waals surface area contributed by atoms with Crippen LogP contribution in [-0.4, -0.2) is 37.6 Å². The molecule has 0 aliphatic heterocycles. The maximum atomic E-state index is 12.6. The number of benzene rings is 1. The summed E-state index contributed by atoms with van der Waals surface area (Å²) in [4.78, 5) is 14.3. The molecule has 1 rings (SSSR count). The molecular weight excluding hydrogens is 268 g/mol. The molecule has 0 atom stereocenters. The number of ether oxygens (including phenoxy) is 2. The molecule has 0 N–H and O–H groups in total. The number of nitriles is 1. The van der Waals surface area contributed by atoms with Crippen LogP contribution in [0.3, 0.4) is 0 Å². The minimum absolute atomic E-state index is 0.0177. The second kappa shape index (κ2) is 7.53. The van der Waals surface area contributed by atoms with Gasteiger partial charge in [0.2, 0.25) is 0 Å². The molecule has 0 aliphatic carbocycles. The molecule has 0 fully saturated rings. The van der Waals surface area contributed by atoms with Crippen LogP contribution in [-0.2, 0) is 0 Å². The van der Waals surface area contributed by atoms with Gasteiger partial charge in [0, 0.05) is 23.7 Å². The minimum atomic E-state index is -0.128. The van der Waals surface area contributed by atoms with Crippen molar-refractivity contribution in [3.05, 3.63) is 23.3 Å². The Morgan fingerprint density at radius 3 is 2.19 bits per heavy atom. The molecule has 0 aliphatic rings. The lowest BCUT2D eigenvalue weighted by Gasteiger charge is -2.26. The van der Waals surface area contributed by atoms with Gasteiger partial charge in [-0.1, -0.05) is 0 Å². The van der Waals surface area contributed by atoms with Crippen molar-refractivity contribution < 1.29 is 14.3 Å². The summed E-state index contributed by atoms with van der Waals surface area (Å²) < 4.78 is 10.6. The fourth-order valence-corrected chi connectivity index (χ4v) is 2.14. The van der Waals surface area contributed by atoms with Gasteiger partial charge < -0.3 is 14.4 Å². The third kappa shape index (κ3) is 3.88. The summed E-state index contributed by atoms with van der Waals surface area (Å²) in [7, 11) is 3.12. The Morgan fingerprint density at radius 2 is 1.81 bits per heavy atom. The van der Waals surface area contributed by atoms with Crippen LogP contribution in [0, 0.1) is 18.3 Å². The lowest BCUT2D eigenvalue weighted by Crippen LogP contribution is -2.37. The molecule has 0 spiro atoms. The minimum Gasteiger partial charge on any atom is -0.496 e. The predicted molar refractivity (Wildman–Crippen MR) is 80.7 cm³/mol. The number of carbonyl (C=O) groups is 1. The van der Waals surface area contributed by atoms with Gasteiger partial charge in [0.05, 0.1) is 26.7 Å². The SMILES string of the molecule is COc1cc(C(=O)N(CCC#N)C(C)C)cc(OC)c1C. The van der Waals surface area contributed by atoms with Crippen molar-refractivity contribution in [3.8, 4) is 17.6 Å². The number of methoxy groups -OCH3 is 2. The molecule has 0 bridgehead atoms. The highest BCUT2D eigenvalue weighted by Crippen LogP contribution is 2.30. The Kier molecular flexibility index (Phi) is 6.04. The third-order valence-corrected chi connectivity index (χ3v) is 3.35. The van der Waals surface area contributed by atoms with Crippen LogP contribution in [0.2, 0.25) is 0 Å². The van der Waals surface area contributed by atoms with E-state index in [1.165, 1.54) is 0 Å². The number of hydrogen-bond donors (Lipinski definition) is 0. The number of hydrogen-bond acceptors (Lipinski definition) is 4. The van der Waals surface area contributed by atoms with Crippen LogP contribution in [0.1, 0.15) is 36.2 Å². The van der Waals surface area contributed by atoms with Crippen molar-refractivity contribution >= 4 is 5.91 Å². The van der Waals surface area contributed by atoms with E-state index in [1.807, 2.05) is 20.8 Å². The molecule has 0 radical (unpaired) electrons. The summed E-state index contributed by atoms with van der Waals surface area (Å²) in [5, 5.41) is 8.72. The Bertz CT molecular complexity index is 522. The fourth-order valence-electron chi connectivity index (χ4n) is 2.14. The van der Waals surface area contributed by atoms with Crippen molar-refractivity contribution in [2.24, 2.45) is 0 Å². The summed E-state index contributed by atoms with van der Waals surface area (Å²) in [5.74, 6) is 1.10. The highest BCUT2D eigenvalue weighted by molar-refractivity contribution is 5.95. The monoisotopic (exact) mass is 290 g/mol. The number of amides is 1. The molecule has 21 heavy (non-hydrogen) atoms.